The van der Waals surface area contributed by atoms with Crippen LogP contribution >= 0.6 is 0 Å². The Kier molecular flexibility index (Phi) is 2.64. The van der Waals surface area contributed by atoms with Gasteiger partial charge in [0, 0.05) is 18.0 Å². The van der Waals surface area contributed by atoms with E-state index in [9.17, 15) is 19.8 Å². The molecule has 1 aliphatic rings. The molecule has 0 atom stereocenters. The molecule has 0 amide bonds. The summed E-state index contributed by atoms with van der Waals surface area (Å²) in [4.78, 5) is 22.8. The second-order valence-corrected chi connectivity index (χ2v) is 4.87. The standard InChI is InChI=1S/C15H13NO4/c1-16-11-5-3-2-4-8(11)9-6-7-10(14(17)18)12(13(9)16)15(19)20/h2-5H,6-7H2,1H3,(H,17,18)(H,19,20). The van der Waals surface area contributed by atoms with Gasteiger partial charge in [0.25, 0.3) is 0 Å². The highest BCUT2D eigenvalue weighted by molar-refractivity contribution is 6.23. The molecule has 0 fully saturated rings. The van der Waals surface area contributed by atoms with Crippen LogP contribution in [0, 0.1) is 0 Å². The molecule has 0 radical (unpaired) electrons. The molecule has 0 saturated carbocycles. The minimum atomic E-state index is -1.19. The number of carboxylic acid groups (broad SMARTS) is 2. The Morgan fingerprint density at radius 3 is 2.45 bits per heavy atom. The van der Waals surface area contributed by atoms with Crippen molar-refractivity contribution < 1.29 is 19.8 Å². The summed E-state index contributed by atoms with van der Waals surface area (Å²) in [5, 5.41) is 19.6. The number of carbonyl (C=O) groups is 2. The van der Waals surface area contributed by atoms with E-state index in [2.05, 4.69) is 0 Å². The molecular weight excluding hydrogens is 258 g/mol. The van der Waals surface area contributed by atoms with E-state index in [0.29, 0.717) is 12.1 Å². The fourth-order valence-electron chi connectivity index (χ4n) is 3.01. The molecule has 1 aliphatic carbocycles. The van der Waals surface area contributed by atoms with Crippen molar-refractivity contribution >= 4 is 28.4 Å². The van der Waals surface area contributed by atoms with Gasteiger partial charge >= 0.3 is 11.9 Å². The summed E-state index contributed by atoms with van der Waals surface area (Å²) in [6, 6.07) is 7.64. The summed E-state index contributed by atoms with van der Waals surface area (Å²) in [5.74, 6) is -2.34. The average molecular weight is 271 g/mol. The monoisotopic (exact) mass is 271 g/mol. The number of fused-ring (bicyclic) bond motifs is 3. The van der Waals surface area contributed by atoms with E-state index in [4.69, 9.17) is 0 Å². The topological polar surface area (TPSA) is 79.5 Å². The molecule has 0 saturated heterocycles. The van der Waals surface area contributed by atoms with Crippen LogP contribution in [0.4, 0.5) is 0 Å². The molecule has 5 heteroatoms. The van der Waals surface area contributed by atoms with Crippen molar-refractivity contribution in [2.75, 3.05) is 0 Å². The lowest BCUT2D eigenvalue weighted by atomic mass is 9.89. The van der Waals surface area contributed by atoms with Gasteiger partial charge in [0.05, 0.1) is 16.8 Å². The third-order valence-electron chi connectivity index (χ3n) is 3.85. The second kappa shape index (κ2) is 4.23. The Morgan fingerprint density at radius 1 is 1.10 bits per heavy atom. The molecule has 1 heterocycles. The van der Waals surface area contributed by atoms with Crippen LogP contribution in [0.5, 0.6) is 0 Å². The molecule has 1 aromatic heterocycles. The van der Waals surface area contributed by atoms with Crippen LogP contribution in [0.25, 0.3) is 16.5 Å². The van der Waals surface area contributed by atoms with Gasteiger partial charge in [0.2, 0.25) is 0 Å². The van der Waals surface area contributed by atoms with Crippen molar-refractivity contribution in [2.24, 2.45) is 7.05 Å². The summed E-state index contributed by atoms with van der Waals surface area (Å²) in [5.41, 5.74) is 2.25. The first-order valence-electron chi connectivity index (χ1n) is 6.28. The number of rotatable bonds is 2. The van der Waals surface area contributed by atoms with Crippen molar-refractivity contribution in [2.45, 2.75) is 12.8 Å². The maximum Gasteiger partial charge on any atom is 0.338 e. The summed E-state index contributed by atoms with van der Waals surface area (Å²) in [6.45, 7) is 0. The van der Waals surface area contributed by atoms with E-state index in [1.807, 2.05) is 24.3 Å². The summed E-state index contributed by atoms with van der Waals surface area (Å²) in [6.07, 6.45) is 0.799. The van der Waals surface area contributed by atoms with Crippen LogP contribution in [-0.4, -0.2) is 26.7 Å². The molecule has 0 aliphatic heterocycles. The maximum absolute atomic E-state index is 11.5. The van der Waals surface area contributed by atoms with E-state index >= 15 is 0 Å². The summed E-state index contributed by atoms with van der Waals surface area (Å²) < 4.78 is 1.77. The molecule has 1 aromatic carbocycles. The van der Waals surface area contributed by atoms with Gasteiger partial charge in [-0.3, -0.25) is 0 Å². The molecule has 0 unspecified atom stereocenters. The van der Waals surface area contributed by atoms with Gasteiger partial charge < -0.3 is 14.8 Å². The lowest BCUT2D eigenvalue weighted by Gasteiger charge is -2.17. The Balaban J connectivity index is 2.42. The number of aromatic nitrogens is 1. The zero-order valence-corrected chi connectivity index (χ0v) is 10.9. The minimum absolute atomic E-state index is 0.0177. The first-order valence-corrected chi connectivity index (χ1v) is 6.28. The molecule has 0 bridgehead atoms. The number of aryl methyl sites for hydroxylation is 2. The highest BCUT2D eigenvalue weighted by atomic mass is 16.4. The van der Waals surface area contributed by atoms with Crippen LogP contribution in [0.3, 0.4) is 0 Å². The Morgan fingerprint density at radius 2 is 1.80 bits per heavy atom. The lowest BCUT2D eigenvalue weighted by molar-refractivity contribution is -0.134. The number of carboxylic acids is 2. The average Bonchev–Trinajstić information content (AvgIpc) is 2.72. The van der Waals surface area contributed by atoms with Gasteiger partial charge in [-0.2, -0.15) is 0 Å². The molecule has 2 aromatic rings. The van der Waals surface area contributed by atoms with Crippen molar-refractivity contribution in [3.8, 4) is 0 Å². The number of hydrogen-bond donors (Lipinski definition) is 2. The van der Waals surface area contributed by atoms with Gasteiger partial charge in [-0.15, -0.1) is 0 Å². The van der Waals surface area contributed by atoms with Crippen LogP contribution < -0.4 is 0 Å². The minimum Gasteiger partial charge on any atom is -0.478 e. The molecule has 3 rings (SSSR count). The number of aliphatic carboxylic acids is 2. The largest absolute Gasteiger partial charge is 0.478 e. The van der Waals surface area contributed by atoms with Gasteiger partial charge in [-0.25, -0.2) is 9.59 Å². The smallest absolute Gasteiger partial charge is 0.338 e. The Hall–Kier alpha value is -2.56. The van der Waals surface area contributed by atoms with Gasteiger partial charge in [-0.1, -0.05) is 18.2 Å². The first kappa shape index (κ1) is 12.5. The van der Waals surface area contributed by atoms with E-state index in [-0.39, 0.29) is 17.6 Å². The summed E-state index contributed by atoms with van der Waals surface area (Å²) in [7, 11) is 1.77. The van der Waals surface area contributed by atoms with Crippen LogP contribution in [0.2, 0.25) is 0 Å². The third-order valence-corrected chi connectivity index (χ3v) is 3.85. The molecular formula is C15H13NO4. The molecule has 20 heavy (non-hydrogen) atoms. The molecule has 5 nitrogen and oxygen atoms in total. The lowest BCUT2D eigenvalue weighted by Crippen LogP contribution is -2.18. The SMILES string of the molecule is Cn1c2c(c3ccccc31)CCC(C(=O)O)=C2C(=O)O. The molecule has 0 spiro atoms. The zero-order valence-electron chi connectivity index (χ0n) is 10.9. The van der Waals surface area contributed by atoms with Crippen LogP contribution in [0.1, 0.15) is 17.7 Å². The Labute approximate surface area is 114 Å². The van der Waals surface area contributed by atoms with Gasteiger partial charge in [0.15, 0.2) is 0 Å². The van der Waals surface area contributed by atoms with E-state index in [0.717, 1.165) is 16.5 Å². The van der Waals surface area contributed by atoms with Gasteiger partial charge in [-0.05, 0) is 24.5 Å². The summed E-state index contributed by atoms with van der Waals surface area (Å²) >= 11 is 0. The fraction of sp³-hybridized carbons (Fsp3) is 0.200. The zero-order chi connectivity index (χ0) is 14.4. The number of para-hydroxylation sites is 1. The predicted octanol–water partition coefficient (Wildman–Crippen LogP) is 2.05. The fourth-order valence-corrected chi connectivity index (χ4v) is 3.01. The van der Waals surface area contributed by atoms with Crippen molar-refractivity contribution in [3.63, 3.8) is 0 Å². The second-order valence-electron chi connectivity index (χ2n) is 4.87. The Bertz CT molecular complexity index is 783. The normalized spacial score (nSPS) is 14.4. The first-order chi connectivity index (χ1) is 9.52. The number of benzene rings is 1. The van der Waals surface area contributed by atoms with Crippen molar-refractivity contribution in [1.29, 1.82) is 0 Å². The number of nitrogens with zero attached hydrogens (tertiary/aromatic N) is 1. The van der Waals surface area contributed by atoms with Gasteiger partial charge in [0.1, 0.15) is 0 Å². The van der Waals surface area contributed by atoms with E-state index in [1.54, 1.807) is 11.6 Å². The van der Waals surface area contributed by atoms with Crippen molar-refractivity contribution in [3.05, 3.63) is 41.1 Å². The van der Waals surface area contributed by atoms with Crippen molar-refractivity contribution in [1.82, 2.24) is 4.57 Å². The quantitative estimate of drug-likeness (QED) is 0.876. The number of hydrogen-bond acceptors (Lipinski definition) is 2. The molecule has 102 valence electrons. The molecule has 2 N–H and O–H groups in total. The predicted molar refractivity (Wildman–Crippen MR) is 73.4 cm³/mol. The highest BCUT2D eigenvalue weighted by Gasteiger charge is 2.31. The van der Waals surface area contributed by atoms with Crippen LogP contribution in [-0.2, 0) is 23.1 Å². The van der Waals surface area contributed by atoms with E-state index in [1.165, 1.54) is 0 Å². The van der Waals surface area contributed by atoms with Crippen LogP contribution in [0.15, 0.2) is 29.8 Å². The third kappa shape index (κ3) is 1.56. The highest BCUT2D eigenvalue weighted by Crippen LogP contribution is 2.37. The van der Waals surface area contributed by atoms with E-state index < -0.39 is 11.9 Å². The maximum atomic E-state index is 11.5.